The van der Waals surface area contributed by atoms with Crippen LogP contribution < -0.4 is 0 Å². The quantitative estimate of drug-likeness (QED) is 0.150. The van der Waals surface area contributed by atoms with Gasteiger partial charge < -0.3 is 14.4 Å². The molecule has 0 fully saturated rings. The Bertz CT molecular complexity index is 2420. The van der Waals surface area contributed by atoms with Gasteiger partial charge in [0.15, 0.2) is 0 Å². The summed E-state index contributed by atoms with van der Waals surface area (Å²) in [7, 11) is 0. The fraction of sp³-hybridized carbons (Fsp3) is 0.204. The summed E-state index contributed by atoms with van der Waals surface area (Å²) in [5.74, 6) is 1.57. The fourth-order valence-electron chi connectivity index (χ4n) is 7.73. The van der Waals surface area contributed by atoms with Crippen LogP contribution >= 0.6 is 0 Å². The Kier molecular flexibility index (Phi) is 12.0. The van der Waals surface area contributed by atoms with Crippen molar-refractivity contribution in [3.63, 3.8) is 0 Å². The Morgan fingerprint density at radius 2 is 1.31 bits per heavy atom. The topological polar surface area (TPSA) is 51.8 Å². The maximum Gasteiger partial charge on any atom is 0.216 e. The van der Waals surface area contributed by atoms with Crippen LogP contribution in [0.3, 0.4) is 0 Å². The standard InChI is InChI=1S/C38H37N2O.C11H8N.Ir/c1-22(2)35(23(3)4)32-21-39-34(20-24(32)5)31-15-11-14-29-30-16-17-33(40-38(30)41-37(29)31)36-25(6)18-28(19-26(36)7)27-12-9-8-10-13-27;1-2-6-10(7-3-1)11-8-4-5-9-12-11;/h8-14,16-23,35H,1-7H3;1-6,8-9H;/q2*-1;. The number of hydrogen-bond acceptors (Lipinski definition) is 4. The van der Waals surface area contributed by atoms with Gasteiger partial charge in [-0.2, -0.15) is 0 Å². The molecular weight excluding hydrogens is 839 g/mol. The Labute approximate surface area is 333 Å². The largest absolute Gasteiger partial charge is 0.486 e. The second-order valence-corrected chi connectivity index (χ2v) is 14.5. The molecule has 5 heteroatoms. The molecule has 8 aromatic rings. The summed E-state index contributed by atoms with van der Waals surface area (Å²) in [6, 6.07) is 45.7. The first-order valence-electron chi connectivity index (χ1n) is 18.5. The van der Waals surface area contributed by atoms with Gasteiger partial charge in [-0.15, -0.1) is 54.1 Å². The number of pyridine rings is 3. The smallest absolute Gasteiger partial charge is 0.216 e. The third-order valence-electron chi connectivity index (χ3n) is 10.0. The summed E-state index contributed by atoms with van der Waals surface area (Å²) in [6.07, 6.45) is 3.85. The van der Waals surface area contributed by atoms with Crippen LogP contribution in [0.4, 0.5) is 0 Å². The molecule has 4 aromatic carbocycles. The van der Waals surface area contributed by atoms with Gasteiger partial charge in [-0.3, -0.25) is 0 Å². The van der Waals surface area contributed by atoms with E-state index in [1.54, 1.807) is 6.20 Å². The molecule has 0 saturated carbocycles. The Balaban J connectivity index is 0.000000324. The van der Waals surface area contributed by atoms with Crippen LogP contribution in [0.2, 0.25) is 0 Å². The van der Waals surface area contributed by atoms with Crippen LogP contribution in [-0.2, 0) is 20.1 Å². The first-order valence-corrected chi connectivity index (χ1v) is 18.5. The van der Waals surface area contributed by atoms with Crippen molar-refractivity contribution in [2.45, 2.75) is 54.4 Å². The normalized spacial score (nSPS) is 11.2. The Morgan fingerprint density at radius 3 is 1.96 bits per heavy atom. The zero-order valence-electron chi connectivity index (χ0n) is 31.9. The number of fused-ring (bicyclic) bond motifs is 3. The van der Waals surface area contributed by atoms with Crippen molar-refractivity contribution in [1.82, 2.24) is 15.0 Å². The van der Waals surface area contributed by atoms with Gasteiger partial charge in [0.25, 0.3) is 0 Å². The Hall–Kier alpha value is -5.22. The first-order chi connectivity index (χ1) is 25.7. The van der Waals surface area contributed by atoms with Crippen molar-refractivity contribution in [2.75, 3.05) is 0 Å². The van der Waals surface area contributed by atoms with E-state index in [9.17, 15) is 0 Å². The molecule has 0 bridgehead atoms. The van der Waals surface area contributed by atoms with E-state index in [1.165, 1.54) is 33.4 Å². The molecule has 0 aliphatic carbocycles. The molecule has 0 spiro atoms. The molecule has 8 rings (SSSR count). The second kappa shape index (κ2) is 16.8. The van der Waals surface area contributed by atoms with Crippen LogP contribution in [0.1, 0.15) is 55.9 Å². The molecule has 4 heterocycles. The molecule has 0 saturated heterocycles. The summed E-state index contributed by atoms with van der Waals surface area (Å²) in [5.41, 5.74) is 14.7. The molecule has 0 aliphatic heterocycles. The van der Waals surface area contributed by atoms with Crippen molar-refractivity contribution < 1.29 is 24.5 Å². The summed E-state index contributed by atoms with van der Waals surface area (Å²) in [4.78, 5) is 14.2. The van der Waals surface area contributed by atoms with E-state index in [2.05, 4.69) is 139 Å². The molecule has 4 nitrogen and oxygen atoms in total. The number of aromatic nitrogens is 3. The number of hydrogen-bond donors (Lipinski definition) is 0. The average molecular weight is 884 g/mol. The van der Waals surface area contributed by atoms with E-state index in [-0.39, 0.29) is 20.1 Å². The van der Waals surface area contributed by atoms with Crippen molar-refractivity contribution >= 4 is 22.1 Å². The molecular formula is C49H45IrN3O-2. The summed E-state index contributed by atoms with van der Waals surface area (Å²) in [6.45, 7) is 15.7. The zero-order chi connectivity index (χ0) is 37.1. The molecule has 0 atom stereocenters. The predicted molar refractivity (Wildman–Crippen MR) is 220 cm³/mol. The van der Waals surface area contributed by atoms with Gasteiger partial charge in [0.1, 0.15) is 0 Å². The van der Waals surface area contributed by atoms with Crippen molar-refractivity contribution in [3.05, 3.63) is 162 Å². The zero-order valence-corrected chi connectivity index (χ0v) is 34.3. The van der Waals surface area contributed by atoms with Crippen LogP contribution in [0.5, 0.6) is 0 Å². The molecule has 4 aromatic heterocycles. The predicted octanol–water partition coefficient (Wildman–Crippen LogP) is 13.0. The number of benzene rings is 4. The molecule has 0 amide bonds. The minimum Gasteiger partial charge on any atom is -0.486 e. The number of aryl methyl sites for hydroxylation is 3. The van der Waals surface area contributed by atoms with E-state index in [1.807, 2.05) is 48.5 Å². The van der Waals surface area contributed by atoms with Crippen LogP contribution in [0.25, 0.3) is 67.0 Å². The van der Waals surface area contributed by atoms with Crippen LogP contribution in [0, 0.1) is 44.7 Å². The minimum atomic E-state index is 0. The van der Waals surface area contributed by atoms with Gasteiger partial charge in [0.2, 0.25) is 5.71 Å². The third-order valence-corrected chi connectivity index (χ3v) is 10.0. The van der Waals surface area contributed by atoms with Gasteiger partial charge in [0, 0.05) is 43.4 Å². The summed E-state index contributed by atoms with van der Waals surface area (Å²) in [5, 5.41) is 2.04. The van der Waals surface area contributed by atoms with Gasteiger partial charge in [-0.25, -0.2) is 4.98 Å². The van der Waals surface area contributed by atoms with Crippen LogP contribution in [-0.4, -0.2) is 15.0 Å². The summed E-state index contributed by atoms with van der Waals surface area (Å²) >= 11 is 0. The van der Waals surface area contributed by atoms with Crippen molar-refractivity contribution in [3.8, 4) is 44.9 Å². The Morgan fingerprint density at radius 1 is 0.593 bits per heavy atom. The first kappa shape index (κ1) is 38.5. The van der Waals surface area contributed by atoms with Gasteiger partial charge in [-0.1, -0.05) is 105 Å². The second-order valence-electron chi connectivity index (χ2n) is 14.5. The summed E-state index contributed by atoms with van der Waals surface area (Å²) < 4.78 is 6.48. The van der Waals surface area contributed by atoms with Crippen molar-refractivity contribution in [2.24, 2.45) is 11.8 Å². The van der Waals surface area contributed by atoms with E-state index < -0.39 is 0 Å². The molecule has 0 unspecified atom stereocenters. The van der Waals surface area contributed by atoms with Gasteiger partial charge in [0.05, 0.1) is 11.3 Å². The maximum absolute atomic E-state index is 6.48. The number of furan rings is 1. The molecule has 1 radical (unpaired) electrons. The third kappa shape index (κ3) is 7.99. The number of nitrogens with zero attached hydrogens (tertiary/aromatic N) is 3. The number of rotatable bonds is 7. The van der Waals surface area contributed by atoms with E-state index >= 15 is 0 Å². The average Bonchev–Trinajstić information content (AvgIpc) is 3.54. The molecule has 54 heavy (non-hydrogen) atoms. The SMILES string of the molecule is Cc1cc(-c2[c-]ccc3c2oc2nc(-c4c(C)cc(-c5ccccc5)cc4C)ccc23)ncc1C(C(C)C)C(C)C.[Ir].[c-]1ccccc1-c1ccccn1. The van der Waals surface area contributed by atoms with Gasteiger partial charge >= 0.3 is 0 Å². The van der Waals surface area contributed by atoms with Crippen molar-refractivity contribution in [1.29, 1.82) is 0 Å². The molecule has 273 valence electrons. The molecule has 0 N–H and O–H groups in total. The van der Waals surface area contributed by atoms with Gasteiger partial charge in [-0.05, 0) is 95.9 Å². The van der Waals surface area contributed by atoms with E-state index in [0.29, 0.717) is 23.5 Å². The minimum absolute atomic E-state index is 0. The maximum atomic E-state index is 6.48. The van der Waals surface area contributed by atoms with E-state index in [0.717, 1.165) is 50.1 Å². The molecule has 0 aliphatic rings. The van der Waals surface area contributed by atoms with E-state index in [4.69, 9.17) is 14.4 Å². The van der Waals surface area contributed by atoms with Crippen LogP contribution in [0.15, 0.2) is 132 Å². The fourth-order valence-corrected chi connectivity index (χ4v) is 7.73. The monoisotopic (exact) mass is 884 g/mol.